The highest BCUT2D eigenvalue weighted by Gasteiger charge is 2.27. The standard InChI is InChI=1S/C19H26ClN3O2S/c1-19(2,23-7-9-24-10-8-23)14-21-11-16-13-26-18(22-16)12-25-17-5-3-15(20)4-6-17/h3-6,13,21H,7-12,14H2,1-2H3. The van der Waals surface area contributed by atoms with Crippen LogP contribution in [0.5, 0.6) is 5.75 Å². The van der Waals surface area contributed by atoms with E-state index in [0.29, 0.717) is 11.6 Å². The SMILES string of the molecule is CC(C)(CNCc1csc(COc2ccc(Cl)cc2)n1)N1CCOCC1. The van der Waals surface area contributed by atoms with E-state index in [0.717, 1.165) is 55.8 Å². The Morgan fingerprint density at radius 1 is 1.27 bits per heavy atom. The summed E-state index contributed by atoms with van der Waals surface area (Å²) in [6, 6.07) is 7.38. The summed E-state index contributed by atoms with van der Waals surface area (Å²) in [6.07, 6.45) is 0. The molecule has 1 N–H and O–H groups in total. The lowest BCUT2D eigenvalue weighted by atomic mass is 10.0. The molecule has 3 rings (SSSR count). The van der Waals surface area contributed by atoms with Crippen LogP contribution in [0, 0.1) is 0 Å². The van der Waals surface area contributed by atoms with Crippen molar-refractivity contribution in [2.75, 3.05) is 32.8 Å². The Hall–Kier alpha value is -1.18. The molecule has 1 aliphatic heterocycles. The fraction of sp³-hybridized carbons (Fsp3) is 0.526. The summed E-state index contributed by atoms with van der Waals surface area (Å²) < 4.78 is 11.2. The van der Waals surface area contributed by atoms with Crippen molar-refractivity contribution in [1.29, 1.82) is 0 Å². The van der Waals surface area contributed by atoms with Crippen LogP contribution in [0.15, 0.2) is 29.6 Å². The van der Waals surface area contributed by atoms with Crippen molar-refractivity contribution in [3.05, 3.63) is 45.4 Å². The summed E-state index contributed by atoms with van der Waals surface area (Å²) in [5.74, 6) is 0.802. The number of thiazole rings is 1. The predicted molar refractivity (Wildman–Crippen MR) is 106 cm³/mol. The van der Waals surface area contributed by atoms with Crippen LogP contribution in [-0.2, 0) is 17.9 Å². The van der Waals surface area contributed by atoms with E-state index in [4.69, 9.17) is 21.1 Å². The average molecular weight is 396 g/mol. The van der Waals surface area contributed by atoms with Gasteiger partial charge < -0.3 is 14.8 Å². The number of nitrogens with one attached hydrogen (secondary N) is 1. The smallest absolute Gasteiger partial charge is 0.140 e. The van der Waals surface area contributed by atoms with Crippen molar-refractivity contribution in [1.82, 2.24) is 15.2 Å². The maximum atomic E-state index is 5.88. The maximum absolute atomic E-state index is 5.88. The number of morpholine rings is 1. The first-order valence-corrected chi connectivity index (χ1v) is 10.1. The molecule has 5 nitrogen and oxygen atoms in total. The van der Waals surface area contributed by atoms with Crippen molar-refractivity contribution in [2.24, 2.45) is 0 Å². The van der Waals surface area contributed by atoms with Crippen LogP contribution in [0.4, 0.5) is 0 Å². The summed E-state index contributed by atoms with van der Waals surface area (Å²) in [5.41, 5.74) is 1.17. The molecule has 1 aromatic heterocycles. The van der Waals surface area contributed by atoms with Crippen LogP contribution in [0.25, 0.3) is 0 Å². The minimum absolute atomic E-state index is 0.111. The number of halogens is 1. The number of benzene rings is 1. The molecule has 0 saturated carbocycles. The van der Waals surface area contributed by atoms with Gasteiger partial charge in [0.15, 0.2) is 0 Å². The van der Waals surface area contributed by atoms with Crippen LogP contribution in [0.3, 0.4) is 0 Å². The lowest BCUT2D eigenvalue weighted by molar-refractivity contribution is -0.00968. The fourth-order valence-corrected chi connectivity index (χ4v) is 3.78. The van der Waals surface area contributed by atoms with Gasteiger partial charge in [0.25, 0.3) is 0 Å². The number of aromatic nitrogens is 1. The first-order valence-electron chi connectivity index (χ1n) is 8.88. The zero-order valence-corrected chi connectivity index (χ0v) is 16.9. The molecule has 0 bridgehead atoms. The highest BCUT2D eigenvalue weighted by molar-refractivity contribution is 7.09. The monoisotopic (exact) mass is 395 g/mol. The molecule has 2 aromatic rings. The molecular weight excluding hydrogens is 370 g/mol. The molecule has 0 atom stereocenters. The van der Waals surface area contributed by atoms with Crippen molar-refractivity contribution in [2.45, 2.75) is 32.5 Å². The van der Waals surface area contributed by atoms with Crippen LogP contribution in [-0.4, -0.2) is 48.3 Å². The van der Waals surface area contributed by atoms with Crippen molar-refractivity contribution in [3.63, 3.8) is 0 Å². The number of nitrogens with zero attached hydrogens (tertiary/aromatic N) is 2. The minimum atomic E-state index is 0.111. The van der Waals surface area contributed by atoms with Gasteiger partial charge in [-0.05, 0) is 38.1 Å². The topological polar surface area (TPSA) is 46.6 Å². The molecule has 7 heteroatoms. The second-order valence-corrected chi connectivity index (χ2v) is 8.37. The molecule has 0 aliphatic carbocycles. The Balaban J connectivity index is 1.42. The normalized spacial score (nSPS) is 16.0. The van der Waals surface area contributed by atoms with Gasteiger partial charge in [-0.2, -0.15) is 0 Å². The van der Waals surface area contributed by atoms with E-state index in [1.807, 2.05) is 24.3 Å². The van der Waals surface area contributed by atoms with Crippen LogP contribution >= 0.6 is 22.9 Å². The van der Waals surface area contributed by atoms with E-state index in [1.165, 1.54) is 0 Å². The zero-order valence-electron chi connectivity index (χ0n) is 15.3. The van der Waals surface area contributed by atoms with Crippen LogP contribution < -0.4 is 10.1 Å². The van der Waals surface area contributed by atoms with E-state index in [1.54, 1.807) is 11.3 Å². The molecule has 1 saturated heterocycles. The summed E-state index contributed by atoms with van der Waals surface area (Å²) >= 11 is 7.51. The van der Waals surface area contributed by atoms with E-state index < -0.39 is 0 Å². The molecule has 0 unspecified atom stereocenters. The second-order valence-electron chi connectivity index (χ2n) is 6.99. The minimum Gasteiger partial charge on any atom is -0.486 e. The van der Waals surface area contributed by atoms with Crippen molar-refractivity contribution < 1.29 is 9.47 Å². The molecule has 142 valence electrons. The lowest BCUT2D eigenvalue weighted by Gasteiger charge is -2.41. The van der Waals surface area contributed by atoms with E-state index in [9.17, 15) is 0 Å². The van der Waals surface area contributed by atoms with Gasteiger partial charge in [0.05, 0.1) is 18.9 Å². The van der Waals surface area contributed by atoms with Gasteiger partial charge in [-0.1, -0.05) is 11.6 Å². The van der Waals surface area contributed by atoms with E-state index in [2.05, 4.69) is 34.4 Å². The predicted octanol–water partition coefficient (Wildman–Crippen LogP) is 3.58. The molecule has 0 radical (unpaired) electrons. The largest absolute Gasteiger partial charge is 0.486 e. The summed E-state index contributed by atoms with van der Waals surface area (Å²) in [5, 5.41) is 7.32. The summed E-state index contributed by atoms with van der Waals surface area (Å²) in [7, 11) is 0. The zero-order chi connectivity index (χ0) is 18.4. The van der Waals surface area contributed by atoms with Gasteiger partial charge in [0.1, 0.15) is 17.4 Å². The number of ether oxygens (including phenoxy) is 2. The summed E-state index contributed by atoms with van der Waals surface area (Å²) in [6.45, 7) is 10.4. The van der Waals surface area contributed by atoms with Gasteiger partial charge in [-0.15, -0.1) is 11.3 Å². The summed E-state index contributed by atoms with van der Waals surface area (Å²) in [4.78, 5) is 7.13. The van der Waals surface area contributed by atoms with Gasteiger partial charge in [0, 0.05) is 42.1 Å². The first kappa shape index (κ1) is 19.6. The van der Waals surface area contributed by atoms with E-state index >= 15 is 0 Å². The number of rotatable bonds is 8. The third-order valence-corrected chi connectivity index (χ3v) is 5.63. The third-order valence-electron chi connectivity index (χ3n) is 4.51. The van der Waals surface area contributed by atoms with Crippen LogP contribution in [0.1, 0.15) is 24.5 Å². The third kappa shape index (κ3) is 5.66. The Morgan fingerprint density at radius 3 is 2.73 bits per heavy atom. The van der Waals surface area contributed by atoms with E-state index in [-0.39, 0.29) is 5.54 Å². The Labute approximate surface area is 164 Å². The second kappa shape index (κ2) is 9.15. The molecule has 0 amide bonds. The Bertz CT molecular complexity index is 684. The highest BCUT2D eigenvalue weighted by Crippen LogP contribution is 2.19. The van der Waals surface area contributed by atoms with Gasteiger partial charge >= 0.3 is 0 Å². The first-order chi connectivity index (χ1) is 12.5. The Kier molecular flexibility index (Phi) is 6.89. The molecule has 1 aliphatic rings. The average Bonchev–Trinajstić information content (AvgIpc) is 3.10. The molecule has 1 fully saturated rings. The molecule has 0 spiro atoms. The van der Waals surface area contributed by atoms with Crippen molar-refractivity contribution in [3.8, 4) is 5.75 Å². The van der Waals surface area contributed by atoms with Crippen molar-refractivity contribution >= 4 is 22.9 Å². The fourth-order valence-electron chi connectivity index (χ4n) is 2.95. The van der Waals surface area contributed by atoms with Gasteiger partial charge in [-0.25, -0.2) is 4.98 Å². The molecule has 2 heterocycles. The number of hydrogen-bond donors (Lipinski definition) is 1. The number of hydrogen-bond acceptors (Lipinski definition) is 6. The Morgan fingerprint density at radius 2 is 2.00 bits per heavy atom. The molecule has 26 heavy (non-hydrogen) atoms. The van der Waals surface area contributed by atoms with Crippen LogP contribution in [0.2, 0.25) is 5.02 Å². The lowest BCUT2D eigenvalue weighted by Crippen LogP contribution is -2.54. The highest BCUT2D eigenvalue weighted by atomic mass is 35.5. The van der Waals surface area contributed by atoms with Gasteiger partial charge in [-0.3, -0.25) is 4.90 Å². The van der Waals surface area contributed by atoms with Gasteiger partial charge in [0.2, 0.25) is 0 Å². The quantitative estimate of drug-likeness (QED) is 0.740. The molecular formula is C19H26ClN3O2S. The maximum Gasteiger partial charge on any atom is 0.140 e. The molecule has 1 aromatic carbocycles.